The molecule has 4 rings (SSSR count). The van der Waals surface area contributed by atoms with Crippen molar-refractivity contribution >= 4 is 32.6 Å². The highest BCUT2D eigenvalue weighted by Gasteiger charge is 2.26. The van der Waals surface area contributed by atoms with Gasteiger partial charge in [0.2, 0.25) is 10.0 Å². The SMILES string of the molecule is N#CC(=C(O)COC(=O)c1cccc(S(=O)(=O)N2CCCCC2)c1)c1nc2ccccc2[nH]1. The Morgan fingerprint density at radius 1 is 1.15 bits per heavy atom. The van der Waals surface area contributed by atoms with Crippen molar-refractivity contribution in [2.75, 3.05) is 19.7 Å². The van der Waals surface area contributed by atoms with Gasteiger partial charge in [-0.25, -0.2) is 18.2 Å². The number of carbonyl (C=O) groups excluding carboxylic acids is 1. The number of nitrogens with zero attached hydrogens (tertiary/aromatic N) is 3. The number of aliphatic hydroxyl groups is 1. The molecule has 1 fully saturated rings. The number of imidazole rings is 1. The number of aromatic nitrogens is 2. The number of aromatic amines is 1. The molecule has 1 aromatic heterocycles. The molecule has 0 amide bonds. The van der Waals surface area contributed by atoms with Crippen molar-refractivity contribution in [2.24, 2.45) is 0 Å². The van der Waals surface area contributed by atoms with E-state index in [1.54, 1.807) is 24.3 Å². The Hall–Kier alpha value is -3.68. The summed E-state index contributed by atoms with van der Waals surface area (Å²) in [5.74, 6) is -1.14. The van der Waals surface area contributed by atoms with Crippen LogP contribution < -0.4 is 0 Å². The topological polar surface area (TPSA) is 136 Å². The Bertz CT molecular complexity index is 1330. The standard InChI is InChI=1S/C23H22N4O5S/c24-14-18(22-25-19-9-2-3-10-20(19)26-22)21(28)15-32-23(29)16-7-6-8-17(13-16)33(30,31)27-11-4-1-5-12-27/h2-3,6-10,13,28H,1,4-5,11-12,15H2,(H,25,26). The summed E-state index contributed by atoms with van der Waals surface area (Å²) >= 11 is 0. The lowest BCUT2D eigenvalue weighted by atomic mass is 10.2. The number of H-pyrrole nitrogens is 1. The molecule has 0 atom stereocenters. The second kappa shape index (κ2) is 9.44. The number of nitriles is 1. The molecule has 0 saturated carbocycles. The molecule has 3 aromatic rings. The number of para-hydroxylation sites is 2. The first-order chi connectivity index (χ1) is 15.9. The van der Waals surface area contributed by atoms with Crippen LogP contribution in [0.4, 0.5) is 0 Å². The van der Waals surface area contributed by atoms with Crippen molar-refractivity contribution in [3.8, 4) is 6.07 Å². The van der Waals surface area contributed by atoms with E-state index in [9.17, 15) is 23.6 Å². The van der Waals surface area contributed by atoms with Gasteiger partial charge in [0.25, 0.3) is 0 Å². The van der Waals surface area contributed by atoms with Crippen LogP contribution in [0, 0.1) is 11.3 Å². The van der Waals surface area contributed by atoms with Crippen molar-refractivity contribution in [3.63, 3.8) is 0 Å². The third-order valence-electron chi connectivity index (χ3n) is 5.39. The Balaban J connectivity index is 1.50. The number of ether oxygens (including phenoxy) is 1. The first-order valence-electron chi connectivity index (χ1n) is 10.4. The molecule has 0 spiro atoms. The normalized spacial score (nSPS) is 15.6. The quantitative estimate of drug-likeness (QED) is 0.323. The molecule has 1 saturated heterocycles. The molecule has 0 radical (unpaired) electrons. The fourth-order valence-electron chi connectivity index (χ4n) is 3.65. The second-order valence-electron chi connectivity index (χ2n) is 7.60. The van der Waals surface area contributed by atoms with Gasteiger partial charge in [-0.2, -0.15) is 9.57 Å². The highest BCUT2D eigenvalue weighted by Crippen LogP contribution is 2.22. The highest BCUT2D eigenvalue weighted by atomic mass is 32.2. The number of sulfonamides is 1. The van der Waals surface area contributed by atoms with Gasteiger partial charge >= 0.3 is 5.97 Å². The molecule has 2 heterocycles. The summed E-state index contributed by atoms with van der Waals surface area (Å²) in [6.07, 6.45) is 2.60. The molecule has 170 valence electrons. The van der Waals surface area contributed by atoms with E-state index in [-0.39, 0.29) is 21.9 Å². The molecule has 9 nitrogen and oxygen atoms in total. The smallest absolute Gasteiger partial charge is 0.338 e. The van der Waals surface area contributed by atoms with E-state index < -0.39 is 28.4 Å². The average Bonchev–Trinajstić information content (AvgIpc) is 3.27. The first kappa shape index (κ1) is 22.5. The van der Waals surface area contributed by atoms with E-state index in [2.05, 4.69) is 9.97 Å². The molecule has 1 aliphatic heterocycles. The number of aliphatic hydroxyl groups excluding tert-OH is 1. The summed E-state index contributed by atoms with van der Waals surface area (Å²) in [4.78, 5) is 19.7. The average molecular weight is 467 g/mol. The van der Waals surface area contributed by atoms with Gasteiger partial charge in [-0.15, -0.1) is 0 Å². The summed E-state index contributed by atoms with van der Waals surface area (Å²) < 4.78 is 32.3. The zero-order valence-electron chi connectivity index (χ0n) is 17.7. The van der Waals surface area contributed by atoms with Crippen molar-refractivity contribution in [3.05, 3.63) is 65.7 Å². The molecular weight excluding hydrogens is 444 g/mol. The maximum absolute atomic E-state index is 12.9. The molecule has 2 N–H and O–H groups in total. The molecule has 2 aromatic carbocycles. The number of esters is 1. The summed E-state index contributed by atoms with van der Waals surface area (Å²) in [7, 11) is -3.70. The van der Waals surface area contributed by atoms with Gasteiger partial charge in [-0.3, -0.25) is 0 Å². The van der Waals surface area contributed by atoms with Crippen LogP contribution in [0.1, 0.15) is 35.4 Å². The van der Waals surface area contributed by atoms with E-state index in [0.29, 0.717) is 24.1 Å². The molecular formula is C23H22N4O5S. The number of benzene rings is 2. The number of allylic oxidation sites excluding steroid dienone is 1. The Morgan fingerprint density at radius 2 is 1.91 bits per heavy atom. The van der Waals surface area contributed by atoms with Crippen molar-refractivity contribution < 1.29 is 23.1 Å². The largest absolute Gasteiger partial charge is 0.507 e. The highest BCUT2D eigenvalue weighted by molar-refractivity contribution is 7.89. The fourth-order valence-corrected chi connectivity index (χ4v) is 5.22. The third-order valence-corrected chi connectivity index (χ3v) is 7.28. The van der Waals surface area contributed by atoms with Crippen LogP contribution in [-0.2, 0) is 14.8 Å². The maximum atomic E-state index is 12.9. The summed E-state index contributed by atoms with van der Waals surface area (Å²) in [6.45, 7) is 0.338. The third kappa shape index (κ3) is 4.74. The summed E-state index contributed by atoms with van der Waals surface area (Å²) in [5, 5.41) is 19.8. The van der Waals surface area contributed by atoms with Gasteiger partial charge in [-0.05, 0) is 43.2 Å². The van der Waals surface area contributed by atoms with Gasteiger partial charge in [0.05, 0.1) is 21.5 Å². The van der Waals surface area contributed by atoms with Gasteiger partial charge < -0.3 is 14.8 Å². The van der Waals surface area contributed by atoms with Crippen molar-refractivity contribution in [1.29, 1.82) is 5.26 Å². The number of hydrogen-bond acceptors (Lipinski definition) is 7. The number of hydrogen-bond donors (Lipinski definition) is 2. The van der Waals surface area contributed by atoms with Gasteiger partial charge in [0.1, 0.15) is 18.2 Å². The molecule has 0 unspecified atom stereocenters. The maximum Gasteiger partial charge on any atom is 0.338 e. The molecule has 1 aliphatic rings. The van der Waals surface area contributed by atoms with E-state index in [1.807, 2.05) is 6.07 Å². The van der Waals surface area contributed by atoms with E-state index in [4.69, 9.17) is 4.74 Å². The van der Waals surface area contributed by atoms with Crippen LogP contribution in [0.2, 0.25) is 0 Å². The summed E-state index contributed by atoms with van der Waals surface area (Å²) in [6, 6.07) is 14.6. The number of piperidine rings is 1. The Kier molecular flexibility index (Phi) is 6.44. The van der Waals surface area contributed by atoms with E-state index >= 15 is 0 Å². The van der Waals surface area contributed by atoms with Crippen LogP contribution >= 0.6 is 0 Å². The van der Waals surface area contributed by atoms with Crippen LogP contribution in [0.15, 0.2) is 59.2 Å². The number of fused-ring (bicyclic) bond motifs is 1. The zero-order valence-corrected chi connectivity index (χ0v) is 18.5. The minimum atomic E-state index is -3.70. The predicted octanol–water partition coefficient (Wildman–Crippen LogP) is 3.39. The molecule has 33 heavy (non-hydrogen) atoms. The minimum Gasteiger partial charge on any atom is -0.507 e. The monoisotopic (exact) mass is 466 g/mol. The lowest BCUT2D eigenvalue weighted by Crippen LogP contribution is -2.35. The molecule has 0 bridgehead atoms. The number of nitrogens with one attached hydrogen (secondary N) is 1. The second-order valence-corrected chi connectivity index (χ2v) is 9.54. The number of rotatable bonds is 6. The van der Waals surface area contributed by atoms with E-state index in [0.717, 1.165) is 19.3 Å². The summed E-state index contributed by atoms with van der Waals surface area (Å²) in [5.41, 5.74) is 1.19. The first-order valence-corrected chi connectivity index (χ1v) is 11.9. The molecule has 0 aliphatic carbocycles. The van der Waals surface area contributed by atoms with Gasteiger partial charge in [0.15, 0.2) is 11.6 Å². The predicted molar refractivity (Wildman–Crippen MR) is 121 cm³/mol. The van der Waals surface area contributed by atoms with Gasteiger partial charge in [0, 0.05) is 13.1 Å². The van der Waals surface area contributed by atoms with Crippen LogP contribution in [0.5, 0.6) is 0 Å². The van der Waals surface area contributed by atoms with Gasteiger partial charge in [-0.1, -0.05) is 24.6 Å². The lowest BCUT2D eigenvalue weighted by Gasteiger charge is -2.25. The molecule has 10 heteroatoms. The zero-order chi connectivity index (χ0) is 23.4. The Morgan fingerprint density at radius 3 is 2.64 bits per heavy atom. The van der Waals surface area contributed by atoms with Crippen LogP contribution in [0.25, 0.3) is 16.6 Å². The van der Waals surface area contributed by atoms with Crippen LogP contribution in [-0.4, -0.2) is 53.5 Å². The Labute approximate surface area is 191 Å². The number of carbonyl (C=O) groups is 1. The van der Waals surface area contributed by atoms with Crippen LogP contribution in [0.3, 0.4) is 0 Å². The lowest BCUT2D eigenvalue weighted by molar-refractivity contribution is 0.0502. The van der Waals surface area contributed by atoms with Crippen molar-refractivity contribution in [2.45, 2.75) is 24.2 Å². The van der Waals surface area contributed by atoms with E-state index in [1.165, 1.54) is 28.6 Å². The fraction of sp³-hybridized carbons (Fsp3) is 0.261. The minimum absolute atomic E-state index is 0.0126. The van der Waals surface area contributed by atoms with Crippen molar-refractivity contribution in [1.82, 2.24) is 14.3 Å².